The number of ketones is 4. The molecule has 3 heterocycles. The number of carbonyl (C=O) groups is 5. The van der Waals surface area contributed by atoms with Crippen LogP contribution in [0, 0.1) is 0 Å². The van der Waals surface area contributed by atoms with Crippen molar-refractivity contribution in [3.63, 3.8) is 0 Å². The lowest BCUT2D eigenvalue weighted by Gasteiger charge is -2.15. The molecule has 0 saturated carbocycles. The summed E-state index contributed by atoms with van der Waals surface area (Å²) in [5.41, 5.74) is 8.38. The molecule has 8 rings (SSSR count). The predicted octanol–water partition coefficient (Wildman–Crippen LogP) is 12.2. The summed E-state index contributed by atoms with van der Waals surface area (Å²) in [6, 6.07) is 47.3. The predicted molar refractivity (Wildman–Crippen MR) is 320 cm³/mol. The number of rotatable bonds is 28. The molecule has 1 N–H and O–H groups in total. The summed E-state index contributed by atoms with van der Waals surface area (Å²) in [6.45, 7) is 11.4. The fraction of sp³-hybridized carbons (Fsp3) is 0.328. The topological polar surface area (TPSA) is 165 Å². The Morgan fingerprint density at radius 2 is 0.988 bits per heavy atom. The van der Waals surface area contributed by atoms with Crippen LogP contribution in [-0.2, 0) is 61.1 Å². The molecule has 13 nitrogen and oxygen atoms in total. The van der Waals surface area contributed by atoms with Gasteiger partial charge >= 0.3 is 0 Å². The van der Waals surface area contributed by atoms with Crippen molar-refractivity contribution in [2.75, 3.05) is 45.2 Å². The first-order valence-corrected chi connectivity index (χ1v) is 30.2. The van der Waals surface area contributed by atoms with Crippen LogP contribution >= 0.6 is 35.3 Å². The van der Waals surface area contributed by atoms with Crippen molar-refractivity contribution in [2.45, 2.75) is 106 Å². The van der Waals surface area contributed by atoms with Gasteiger partial charge in [0.05, 0.1) is 25.4 Å². The number of Topliss-reactive ketones (excluding diaryl/α,β-unsaturated/α-hetero) is 4. The van der Waals surface area contributed by atoms with E-state index in [0.29, 0.717) is 63.6 Å². The number of ether oxygens (including phenoxy) is 5. The van der Waals surface area contributed by atoms with Crippen LogP contribution in [0.1, 0.15) is 72.3 Å². The summed E-state index contributed by atoms with van der Waals surface area (Å²) in [6.07, 6.45) is 6.18. The van der Waals surface area contributed by atoms with E-state index in [2.05, 4.69) is 59.4 Å². The minimum Gasteiger partial charge on any atom is -0.492 e. The number of hydrogen-bond acceptors (Lipinski definition) is 14. The van der Waals surface area contributed by atoms with Gasteiger partial charge in [-0.25, -0.2) is 0 Å². The van der Waals surface area contributed by atoms with Crippen LogP contribution < -0.4 is 9.47 Å². The number of aromatic nitrogens is 2. The molecule has 7 aromatic rings. The van der Waals surface area contributed by atoms with Crippen molar-refractivity contribution < 1.29 is 52.8 Å². The van der Waals surface area contributed by atoms with Crippen LogP contribution in [-0.4, -0.2) is 113 Å². The quantitative estimate of drug-likeness (QED) is 0.0213. The Morgan fingerprint density at radius 1 is 0.562 bits per heavy atom. The Morgan fingerprint density at radius 3 is 1.38 bits per heavy atom. The number of aliphatic hydroxyl groups is 1. The monoisotopic (exact) mass is 1140 g/mol. The molecule has 80 heavy (non-hydrogen) atoms. The Kier molecular flexibility index (Phi) is 25.1. The minimum absolute atomic E-state index is 0.0191. The second-order valence-corrected chi connectivity index (χ2v) is 21.2. The van der Waals surface area contributed by atoms with E-state index < -0.39 is 24.4 Å². The molecule has 0 amide bonds. The highest BCUT2D eigenvalue weighted by Crippen LogP contribution is 2.30. The number of benzene rings is 5. The average molecular weight is 1140 g/mol. The number of hydrogen-bond donors (Lipinski definition) is 1. The summed E-state index contributed by atoms with van der Waals surface area (Å²) >= 11 is 5.04. The maximum absolute atomic E-state index is 11.8. The van der Waals surface area contributed by atoms with Gasteiger partial charge in [0.1, 0.15) is 36.9 Å². The van der Waals surface area contributed by atoms with Gasteiger partial charge < -0.3 is 37.9 Å². The summed E-state index contributed by atoms with van der Waals surface area (Å²) in [7, 11) is 0. The van der Waals surface area contributed by atoms with Gasteiger partial charge in [0.15, 0.2) is 41.6 Å². The molecule has 422 valence electrons. The molecule has 0 aliphatic carbocycles. The maximum atomic E-state index is 11.8. The molecule has 1 aliphatic heterocycles. The first-order valence-electron chi connectivity index (χ1n) is 26.5. The lowest BCUT2D eigenvalue weighted by atomic mass is 10.1. The summed E-state index contributed by atoms with van der Waals surface area (Å²) in [5, 5.41) is 9.76. The van der Waals surface area contributed by atoms with Crippen molar-refractivity contribution in [1.82, 2.24) is 9.13 Å². The van der Waals surface area contributed by atoms with Crippen molar-refractivity contribution in [1.29, 1.82) is 0 Å². The van der Waals surface area contributed by atoms with E-state index >= 15 is 0 Å². The lowest BCUT2D eigenvalue weighted by molar-refractivity contribution is -0.128. The van der Waals surface area contributed by atoms with Crippen molar-refractivity contribution in [3.05, 3.63) is 174 Å². The number of nitrogens with zero attached hydrogens (tertiary/aromatic N) is 2. The van der Waals surface area contributed by atoms with E-state index in [1.54, 1.807) is 61.3 Å². The number of epoxide rings is 1. The third-order valence-electron chi connectivity index (χ3n) is 13.2. The van der Waals surface area contributed by atoms with Crippen LogP contribution in [0.4, 0.5) is 0 Å². The molecule has 4 atom stereocenters. The standard InChI is InChI=1S/C26H31NO4S.C26H29NO4S.C12H12O3S/c2*1-4-30-26(19(2)29)17-20-5-10-23(11-6-20)31-16-15-27-22(18-28)9-14-25(27)21-7-12-24(32-3)13-8-21;1-7(13)11-12(15-11)10(14)8-3-5-9(16-2)6-4-8/h5-14,26,28H,4,15-18H2,1-3H3;5-14,18,26H,4,15-17H2,1-3H3;3-6,11-12H,1-2H3/t2*26-;/m00./s1. The van der Waals surface area contributed by atoms with Gasteiger partial charge in [-0.2, -0.15) is 0 Å². The van der Waals surface area contributed by atoms with Gasteiger partial charge in [0.25, 0.3) is 0 Å². The zero-order chi connectivity index (χ0) is 57.6. The van der Waals surface area contributed by atoms with Crippen LogP contribution in [0.25, 0.3) is 22.5 Å². The van der Waals surface area contributed by atoms with Crippen LogP contribution in [0.15, 0.2) is 160 Å². The molecule has 0 radical (unpaired) electrons. The van der Waals surface area contributed by atoms with Gasteiger partial charge in [-0.05, 0) is 161 Å². The Balaban J connectivity index is 0.000000204. The Hall–Kier alpha value is -6.50. The molecule has 1 saturated heterocycles. The molecule has 0 spiro atoms. The maximum Gasteiger partial charge on any atom is 0.194 e. The fourth-order valence-electron chi connectivity index (χ4n) is 8.74. The van der Waals surface area contributed by atoms with Gasteiger partial charge in [0.2, 0.25) is 0 Å². The van der Waals surface area contributed by atoms with Gasteiger partial charge in [0, 0.05) is 63.4 Å². The van der Waals surface area contributed by atoms with Gasteiger partial charge in [-0.3, -0.25) is 24.0 Å². The first kappa shape index (κ1) is 62.7. The summed E-state index contributed by atoms with van der Waals surface area (Å²) in [5.74, 6) is 1.40. The van der Waals surface area contributed by atoms with E-state index in [1.165, 1.54) is 16.7 Å². The van der Waals surface area contributed by atoms with E-state index in [-0.39, 0.29) is 29.7 Å². The van der Waals surface area contributed by atoms with Crippen molar-refractivity contribution in [3.8, 4) is 34.0 Å². The number of aliphatic hydroxyl groups excluding tert-OH is 1. The van der Waals surface area contributed by atoms with Gasteiger partial charge in [-0.15, -0.1) is 35.3 Å². The number of carbonyl (C=O) groups excluding carboxylic acids is 5. The zero-order valence-electron chi connectivity index (χ0n) is 46.8. The van der Waals surface area contributed by atoms with E-state index in [1.807, 2.05) is 116 Å². The molecule has 2 aromatic heterocycles. The Labute approximate surface area is 483 Å². The molecular formula is C64H72N2O11S3. The summed E-state index contributed by atoms with van der Waals surface area (Å²) < 4.78 is 32.0. The van der Waals surface area contributed by atoms with E-state index in [4.69, 9.17) is 23.7 Å². The highest BCUT2D eigenvalue weighted by Gasteiger charge is 2.48. The molecule has 2 unspecified atom stereocenters. The molecule has 1 aliphatic rings. The number of aldehydes is 1. The van der Waals surface area contributed by atoms with Crippen molar-refractivity contribution in [2.24, 2.45) is 0 Å². The smallest absolute Gasteiger partial charge is 0.194 e. The lowest BCUT2D eigenvalue weighted by Crippen LogP contribution is -2.24. The van der Waals surface area contributed by atoms with Crippen LogP contribution in [0.2, 0.25) is 0 Å². The molecule has 16 heteroatoms. The summed E-state index contributed by atoms with van der Waals surface area (Å²) in [4.78, 5) is 61.3. The zero-order valence-corrected chi connectivity index (χ0v) is 49.2. The molecule has 5 aromatic carbocycles. The van der Waals surface area contributed by atoms with Crippen LogP contribution in [0.5, 0.6) is 11.5 Å². The van der Waals surface area contributed by atoms with Crippen molar-refractivity contribution >= 4 is 64.7 Å². The van der Waals surface area contributed by atoms with E-state index in [0.717, 1.165) is 62.0 Å². The second kappa shape index (κ2) is 32.1. The number of thioether (sulfide) groups is 3. The molecule has 1 fully saturated rings. The average Bonchev–Trinajstić information content (AvgIpc) is 4.05. The second-order valence-electron chi connectivity index (χ2n) is 18.6. The fourth-order valence-corrected chi connectivity index (χ4v) is 9.96. The third-order valence-corrected chi connectivity index (χ3v) is 15.4. The molecule has 0 bridgehead atoms. The molecular weight excluding hydrogens is 1070 g/mol. The van der Waals surface area contributed by atoms with Crippen LogP contribution in [0.3, 0.4) is 0 Å². The highest BCUT2D eigenvalue weighted by molar-refractivity contribution is 7.99. The largest absolute Gasteiger partial charge is 0.492 e. The highest BCUT2D eigenvalue weighted by atomic mass is 32.2. The minimum atomic E-state index is -0.558. The normalized spacial score (nSPS) is 14.1. The van der Waals surface area contributed by atoms with Gasteiger partial charge in [-0.1, -0.05) is 60.7 Å². The first-order chi connectivity index (χ1) is 38.7. The van der Waals surface area contributed by atoms with E-state index in [9.17, 15) is 29.1 Å². The third kappa shape index (κ3) is 18.3. The SMILES string of the molecule is CCO[C@@H](Cc1ccc(OCCn2c(C=O)ccc2-c2ccc(SC)cc2)cc1)C(C)=O.CCO[C@@H](Cc1ccc(OCCn2c(CO)ccc2-c2ccc(SC)cc2)cc1)C(C)=O.CSc1ccc(C(=O)C2OC2C(C)=O)cc1. The Bertz CT molecular complexity index is 3080.